The number of rotatable bonds is 3. The maximum Gasteiger partial charge on any atom is 0.264 e. The van der Waals surface area contributed by atoms with Crippen molar-refractivity contribution >= 4 is 47.7 Å². The van der Waals surface area contributed by atoms with Gasteiger partial charge in [0.15, 0.2) is 0 Å². The van der Waals surface area contributed by atoms with Crippen LogP contribution in [0.2, 0.25) is 0 Å². The molecule has 2 rings (SSSR count). The molecule has 0 aliphatic heterocycles. The van der Waals surface area contributed by atoms with Gasteiger partial charge >= 0.3 is 0 Å². The van der Waals surface area contributed by atoms with Gasteiger partial charge in [0.25, 0.3) is 10.0 Å². The summed E-state index contributed by atoms with van der Waals surface area (Å²) in [7, 11) is -3.81. The molecule has 1 aromatic heterocycles. The molecular formula is C11H7Br2FN2O2S. The topological polar surface area (TPSA) is 59.1 Å². The molecule has 0 saturated heterocycles. The van der Waals surface area contributed by atoms with E-state index in [0.29, 0.717) is 0 Å². The van der Waals surface area contributed by atoms with Crippen molar-refractivity contribution in [2.24, 2.45) is 0 Å². The Morgan fingerprint density at radius 3 is 2.47 bits per heavy atom. The van der Waals surface area contributed by atoms with Gasteiger partial charge in [0.05, 0.1) is 0 Å². The number of hydrogen-bond donors (Lipinski definition) is 1. The van der Waals surface area contributed by atoms with Crippen LogP contribution < -0.4 is 4.72 Å². The average Bonchev–Trinajstić information content (AvgIpc) is 2.31. The summed E-state index contributed by atoms with van der Waals surface area (Å²) in [6.07, 6.45) is 1.47. The van der Waals surface area contributed by atoms with Gasteiger partial charge in [-0.05, 0) is 62.2 Å². The predicted octanol–water partition coefficient (Wildman–Crippen LogP) is 3.55. The number of anilines is 1. The summed E-state index contributed by atoms with van der Waals surface area (Å²) < 4.78 is 40.3. The smallest absolute Gasteiger partial charge is 0.263 e. The first-order valence-electron chi connectivity index (χ1n) is 4.98. The van der Waals surface area contributed by atoms with Crippen LogP contribution in [0.4, 0.5) is 10.2 Å². The van der Waals surface area contributed by atoms with Crippen LogP contribution in [0.5, 0.6) is 0 Å². The molecule has 0 radical (unpaired) electrons. The molecule has 0 amide bonds. The third kappa shape index (κ3) is 3.52. The largest absolute Gasteiger partial charge is 0.264 e. The van der Waals surface area contributed by atoms with Gasteiger partial charge in [-0.1, -0.05) is 0 Å². The fraction of sp³-hybridized carbons (Fsp3) is 0. The van der Waals surface area contributed by atoms with Crippen molar-refractivity contribution in [2.45, 2.75) is 4.90 Å². The maximum absolute atomic E-state index is 12.9. The van der Waals surface area contributed by atoms with Crippen LogP contribution in [0.25, 0.3) is 0 Å². The lowest BCUT2D eigenvalue weighted by atomic mass is 10.3. The molecule has 1 aromatic carbocycles. The summed E-state index contributed by atoms with van der Waals surface area (Å²) in [4.78, 5) is 3.85. The van der Waals surface area contributed by atoms with E-state index in [1.54, 1.807) is 6.07 Å². The zero-order valence-electron chi connectivity index (χ0n) is 9.27. The molecule has 0 aliphatic carbocycles. The summed E-state index contributed by atoms with van der Waals surface area (Å²) in [5.74, 6) is -0.341. The Balaban J connectivity index is 2.35. The molecule has 0 atom stereocenters. The van der Waals surface area contributed by atoms with Crippen molar-refractivity contribution in [1.29, 1.82) is 0 Å². The third-order valence-corrected chi connectivity index (χ3v) is 4.95. The van der Waals surface area contributed by atoms with Crippen LogP contribution in [0, 0.1) is 5.82 Å². The monoisotopic (exact) mass is 408 g/mol. The summed E-state index contributed by atoms with van der Waals surface area (Å²) in [5.41, 5.74) is 0. The minimum Gasteiger partial charge on any atom is -0.263 e. The lowest BCUT2D eigenvalue weighted by molar-refractivity contribution is 0.598. The van der Waals surface area contributed by atoms with Gasteiger partial charge in [-0.2, -0.15) is 0 Å². The van der Waals surface area contributed by atoms with Crippen molar-refractivity contribution in [3.8, 4) is 0 Å². The highest BCUT2D eigenvalue weighted by molar-refractivity contribution is 9.10. The standard InChI is InChI=1S/C11H7Br2FN2O2S/c12-7-1-4-11(15-6-7)16-19(17,18)10-3-2-8(14)5-9(10)13/h1-6H,(H,15,16). The lowest BCUT2D eigenvalue weighted by Crippen LogP contribution is -2.14. The van der Waals surface area contributed by atoms with Crippen LogP contribution in [-0.4, -0.2) is 13.4 Å². The van der Waals surface area contributed by atoms with Crippen molar-refractivity contribution in [1.82, 2.24) is 4.98 Å². The molecule has 0 aliphatic rings. The summed E-state index contributed by atoms with van der Waals surface area (Å²) in [6, 6.07) is 6.52. The van der Waals surface area contributed by atoms with Gasteiger partial charge in [0.2, 0.25) is 0 Å². The van der Waals surface area contributed by atoms with Crippen LogP contribution >= 0.6 is 31.9 Å². The minimum atomic E-state index is -3.81. The summed E-state index contributed by atoms with van der Waals surface area (Å²) >= 11 is 6.22. The van der Waals surface area contributed by atoms with Crippen LogP contribution in [-0.2, 0) is 10.0 Å². The Kier molecular flexibility index (Phi) is 4.22. The molecule has 0 bridgehead atoms. The number of aromatic nitrogens is 1. The summed E-state index contributed by atoms with van der Waals surface area (Å²) in [5, 5.41) is 0. The Bertz CT molecular complexity index is 705. The molecular weight excluding hydrogens is 403 g/mol. The van der Waals surface area contributed by atoms with Crippen molar-refractivity contribution in [3.05, 3.63) is 51.3 Å². The van der Waals surface area contributed by atoms with Crippen LogP contribution in [0.15, 0.2) is 50.4 Å². The first-order valence-corrected chi connectivity index (χ1v) is 8.05. The van der Waals surface area contributed by atoms with Gasteiger partial charge in [-0.15, -0.1) is 0 Å². The Morgan fingerprint density at radius 1 is 1.16 bits per heavy atom. The Hall–Kier alpha value is -0.990. The minimum absolute atomic E-state index is 0.0568. The highest BCUT2D eigenvalue weighted by Gasteiger charge is 2.18. The molecule has 1 N–H and O–H groups in total. The Labute approximate surface area is 126 Å². The highest BCUT2D eigenvalue weighted by Crippen LogP contribution is 2.24. The van der Waals surface area contributed by atoms with E-state index in [0.717, 1.165) is 16.6 Å². The quantitative estimate of drug-likeness (QED) is 0.843. The fourth-order valence-electron chi connectivity index (χ4n) is 1.32. The fourth-order valence-corrected chi connectivity index (χ4v) is 3.62. The molecule has 4 nitrogen and oxygen atoms in total. The lowest BCUT2D eigenvalue weighted by Gasteiger charge is -2.08. The third-order valence-electron chi connectivity index (χ3n) is 2.15. The molecule has 0 spiro atoms. The van der Waals surface area contributed by atoms with Crippen molar-refractivity contribution in [3.63, 3.8) is 0 Å². The van der Waals surface area contributed by atoms with E-state index in [1.165, 1.54) is 18.3 Å². The number of nitrogens with zero attached hydrogens (tertiary/aromatic N) is 1. The average molecular weight is 410 g/mol. The zero-order valence-corrected chi connectivity index (χ0v) is 13.3. The number of halogens is 3. The number of benzene rings is 1. The van der Waals surface area contributed by atoms with Crippen LogP contribution in [0.1, 0.15) is 0 Å². The number of hydrogen-bond acceptors (Lipinski definition) is 3. The molecule has 100 valence electrons. The van der Waals surface area contributed by atoms with E-state index < -0.39 is 15.8 Å². The van der Waals surface area contributed by atoms with E-state index in [9.17, 15) is 12.8 Å². The zero-order chi connectivity index (χ0) is 14.0. The second-order valence-electron chi connectivity index (χ2n) is 3.54. The van der Waals surface area contributed by atoms with Gasteiger partial charge in [0, 0.05) is 15.1 Å². The van der Waals surface area contributed by atoms with Crippen LogP contribution in [0.3, 0.4) is 0 Å². The van der Waals surface area contributed by atoms with Gasteiger partial charge in [-0.25, -0.2) is 17.8 Å². The number of nitrogens with one attached hydrogen (secondary N) is 1. The highest BCUT2D eigenvalue weighted by atomic mass is 79.9. The molecule has 1 heterocycles. The molecule has 0 saturated carbocycles. The molecule has 2 aromatic rings. The van der Waals surface area contributed by atoms with Crippen molar-refractivity contribution in [2.75, 3.05) is 4.72 Å². The first kappa shape index (κ1) is 14.4. The van der Waals surface area contributed by atoms with Crippen molar-refractivity contribution < 1.29 is 12.8 Å². The second-order valence-corrected chi connectivity index (χ2v) is 6.96. The van der Waals surface area contributed by atoms with E-state index in [4.69, 9.17) is 0 Å². The number of sulfonamides is 1. The maximum atomic E-state index is 12.9. The Morgan fingerprint density at radius 2 is 1.89 bits per heavy atom. The normalized spacial score (nSPS) is 11.3. The molecule has 0 fully saturated rings. The SMILES string of the molecule is O=S(=O)(Nc1ccc(Br)cn1)c1ccc(F)cc1Br. The predicted molar refractivity (Wildman–Crippen MR) is 76.8 cm³/mol. The van der Waals surface area contributed by atoms with E-state index in [-0.39, 0.29) is 15.2 Å². The summed E-state index contributed by atoms with van der Waals surface area (Å²) in [6.45, 7) is 0. The molecule has 19 heavy (non-hydrogen) atoms. The second kappa shape index (κ2) is 5.56. The van der Waals surface area contributed by atoms with Gasteiger partial charge < -0.3 is 0 Å². The van der Waals surface area contributed by atoms with E-state index in [1.807, 2.05) is 0 Å². The first-order chi connectivity index (χ1) is 8.88. The van der Waals surface area contributed by atoms with Gasteiger partial charge in [-0.3, -0.25) is 4.72 Å². The van der Waals surface area contributed by atoms with E-state index in [2.05, 4.69) is 41.6 Å². The molecule has 8 heteroatoms. The van der Waals surface area contributed by atoms with Gasteiger partial charge in [0.1, 0.15) is 16.5 Å². The number of pyridine rings is 1. The molecule has 0 unspecified atom stereocenters. The van der Waals surface area contributed by atoms with E-state index >= 15 is 0 Å².